The fourth-order valence-electron chi connectivity index (χ4n) is 1.52. The minimum Gasteiger partial charge on any atom is -0.302 e. The van der Waals surface area contributed by atoms with Crippen molar-refractivity contribution in [1.29, 1.82) is 5.26 Å². The molecule has 12 heavy (non-hydrogen) atoms. The summed E-state index contributed by atoms with van der Waals surface area (Å²) in [4.78, 5) is 0. The van der Waals surface area contributed by atoms with E-state index in [1.807, 2.05) is 6.92 Å². The first-order valence-electron chi connectivity index (χ1n) is 4.99. The molecule has 1 aliphatic carbocycles. The summed E-state index contributed by atoms with van der Waals surface area (Å²) < 4.78 is 0. The van der Waals surface area contributed by atoms with Crippen molar-refractivity contribution in [3.63, 3.8) is 0 Å². The SMILES string of the molecule is CCC(C#N)NCCC1CCC1. The van der Waals surface area contributed by atoms with Gasteiger partial charge in [0.1, 0.15) is 0 Å². The first kappa shape index (κ1) is 9.54. The molecule has 0 spiro atoms. The first-order chi connectivity index (χ1) is 5.86. The molecule has 0 aliphatic heterocycles. The molecule has 68 valence electrons. The maximum Gasteiger partial charge on any atom is 0.0950 e. The molecule has 0 amide bonds. The van der Waals surface area contributed by atoms with Crippen LogP contribution < -0.4 is 5.32 Å². The van der Waals surface area contributed by atoms with Gasteiger partial charge in [0, 0.05) is 0 Å². The van der Waals surface area contributed by atoms with E-state index in [9.17, 15) is 0 Å². The Balaban J connectivity index is 1.97. The quantitative estimate of drug-likeness (QED) is 0.678. The van der Waals surface area contributed by atoms with Crippen LogP contribution in [0.3, 0.4) is 0 Å². The van der Waals surface area contributed by atoms with Gasteiger partial charge in [0.25, 0.3) is 0 Å². The maximum absolute atomic E-state index is 8.65. The summed E-state index contributed by atoms with van der Waals surface area (Å²) >= 11 is 0. The molecule has 1 aliphatic rings. The van der Waals surface area contributed by atoms with Crippen molar-refractivity contribution in [2.24, 2.45) is 5.92 Å². The van der Waals surface area contributed by atoms with Crippen LogP contribution in [0.5, 0.6) is 0 Å². The lowest BCUT2D eigenvalue weighted by molar-refractivity contribution is 0.290. The van der Waals surface area contributed by atoms with Crippen LogP contribution >= 0.6 is 0 Å². The predicted octanol–water partition coefficient (Wildman–Crippen LogP) is 2.07. The fourth-order valence-corrected chi connectivity index (χ4v) is 1.52. The van der Waals surface area contributed by atoms with E-state index in [0.717, 1.165) is 18.9 Å². The molecule has 0 saturated heterocycles. The van der Waals surface area contributed by atoms with Gasteiger partial charge >= 0.3 is 0 Å². The van der Waals surface area contributed by atoms with Gasteiger partial charge in [-0.2, -0.15) is 5.26 Å². The van der Waals surface area contributed by atoms with Crippen LogP contribution in [0.15, 0.2) is 0 Å². The Kier molecular flexibility index (Phi) is 4.10. The second-order valence-corrected chi connectivity index (χ2v) is 3.63. The zero-order valence-corrected chi connectivity index (χ0v) is 7.84. The summed E-state index contributed by atoms with van der Waals surface area (Å²) in [6.07, 6.45) is 6.41. The van der Waals surface area contributed by atoms with Crippen molar-refractivity contribution in [3.8, 4) is 6.07 Å². The highest BCUT2D eigenvalue weighted by molar-refractivity contribution is 4.88. The van der Waals surface area contributed by atoms with Crippen LogP contribution in [-0.4, -0.2) is 12.6 Å². The van der Waals surface area contributed by atoms with Gasteiger partial charge in [0.2, 0.25) is 0 Å². The normalized spacial score (nSPS) is 19.7. The highest BCUT2D eigenvalue weighted by Gasteiger charge is 2.16. The molecule has 0 aromatic carbocycles. The third-order valence-electron chi connectivity index (χ3n) is 2.73. The van der Waals surface area contributed by atoms with Crippen LogP contribution in [0.2, 0.25) is 0 Å². The highest BCUT2D eigenvalue weighted by Crippen LogP contribution is 2.28. The van der Waals surface area contributed by atoms with Gasteiger partial charge in [-0.1, -0.05) is 26.2 Å². The number of hydrogen-bond acceptors (Lipinski definition) is 2. The Morgan fingerprint density at radius 1 is 1.58 bits per heavy atom. The lowest BCUT2D eigenvalue weighted by Gasteiger charge is -2.25. The van der Waals surface area contributed by atoms with Crippen LogP contribution in [0.1, 0.15) is 39.0 Å². The average molecular weight is 166 g/mol. The van der Waals surface area contributed by atoms with E-state index in [1.165, 1.54) is 25.7 Å². The van der Waals surface area contributed by atoms with Crippen LogP contribution in [0.25, 0.3) is 0 Å². The molecule has 1 N–H and O–H groups in total. The summed E-state index contributed by atoms with van der Waals surface area (Å²) in [5.41, 5.74) is 0. The smallest absolute Gasteiger partial charge is 0.0950 e. The molecular weight excluding hydrogens is 148 g/mol. The number of nitrogens with one attached hydrogen (secondary N) is 1. The van der Waals surface area contributed by atoms with Gasteiger partial charge in [-0.05, 0) is 25.3 Å². The molecule has 1 fully saturated rings. The van der Waals surface area contributed by atoms with Crippen LogP contribution in [-0.2, 0) is 0 Å². The Labute approximate surface area is 75.0 Å². The van der Waals surface area contributed by atoms with Gasteiger partial charge in [0.05, 0.1) is 12.1 Å². The third kappa shape index (κ3) is 2.83. The number of nitrogens with zero attached hydrogens (tertiary/aromatic N) is 1. The molecule has 0 aromatic heterocycles. The van der Waals surface area contributed by atoms with E-state index in [1.54, 1.807) is 0 Å². The summed E-state index contributed by atoms with van der Waals surface area (Å²) in [6, 6.07) is 2.32. The van der Waals surface area contributed by atoms with E-state index in [2.05, 4.69) is 11.4 Å². The molecule has 0 radical (unpaired) electrons. The Bertz CT molecular complexity index is 156. The molecule has 1 atom stereocenters. The predicted molar refractivity (Wildman–Crippen MR) is 49.7 cm³/mol. The van der Waals surface area contributed by atoms with Crippen molar-refractivity contribution in [1.82, 2.24) is 5.32 Å². The van der Waals surface area contributed by atoms with Gasteiger partial charge in [-0.25, -0.2) is 0 Å². The molecule has 1 rings (SSSR count). The summed E-state index contributed by atoms with van der Waals surface area (Å²) in [5.74, 6) is 0.952. The summed E-state index contributed by atoms with van der Waals surface area (Å²) in [6.45, 7) is 3.07. The Hall–Kier alpha value is -0.550. The molecule has 1 saturated carbocycles. The van der Waals surface area contributed by atoms with Gasteiger partial charge in [0.15, 0.2) is 0 Å². The fraction of sp³-hybridized carbons (Fsp3) is 0.900. The largest absolute Gasteiger partial charge is 0.302 e. The van der Waals surface area contributed by atoms with E-state index in [4.69, 9.17) is 5.26 Å². The summed E-state index contributed by atoms with van der Waals surface area (Å²) in [5, 5.41) is 11.9. The number of rotatable bonds is 5. The van der Waals surface area contributed by atoms with Crippen molar-refractivity contribution in [2.75, 3.05) is 6.54 Å². The molecule has 0 heterocycles. The van der Waals surface area contributed by atoms with Crippen molar-refractivity contribution in [2.45, 2.75) is 45.1 Å². The highest BCUT2D eigenvalue weighted by atomic mass is 14.9. The second-order valence-electron chi connectivity index (χ2n) is 3.63. The zero-order valence-electron chi connectivity index (χ0n) is 7.84. The van der Waals surface area contributed by atoms with Gasteiger partial charge < -0.3 is 5.32 Å². The Morgan fingerprint density at radius 3 is 2.75 bits per heavy atom. The molecule has 0 bridgehead atoms. The number of nitriles is 1. The molecule has 1 unspecified atom stereocenters. The Morgan fingerprint density at radius 2 is 2.33 bits per heavy atom. The maximum atomic E-state index is 8.65. The van der Waals surface area contributed by atoms with E-state index < -0.39 is 0 Å². The van der Waals surface area contributed by atoms with Crippen molar-refractivity contribution in [3.05, 3.63) is 0 Å². The first-order valence-corrected chi connectivity index (χ1v) is 4.99. The molecule has 2 nitrogen and oxygen atoms in total. The van der Waals surface area contributed by atoms with Crippen molar-refractivity contribution >= 4 is 0 Å². The average Bonchev–Trinajstić information content (AvgIpc) is 2.02. The number of hydrogen-bond donors (Lipinski definition) is 1. The van der Waals surface area contributed by atoms with Gasteiger partial charge in [-0.15, -0.1) is 0 Å². The van der Waals surface area contributed by atoms with E-state index >= 15 is 0 Å². The van der Waals surface area contributed by atoms with E-state index in [-0.39, 0.29) is 6.04 Å². The van der Waals surface area contributed by atoms with Crippen LogP contribution in [0, 0.1) is 17.2 Å². The minimum atomic E-state index is 0.0741. The second kappa shape index (κ2) is 5.16. The van der Waals surface area contributed by atoms with Gasteiger partial charge in [-0.3, -0.25) is 0 Å². The zero-order chi connectivity index (χ0) is 8.81. The topological polar surface area (TPSA) is 35.8 Å². The van der Waals surface area contributed by atoms with Crippen LogP contribution in [0.4, 0.5) is 0 Å². The molecule has 0 aromatic rings. The summed E-state index contributed by atoms with van der Waals surface area (Å²) in [7, 11) is 0. The lowest BCUT2D eigenvalue weighted by atomic mass is 9.83. The molecular formula is C10H18N2. The minimum absolute atomic E-state index is 0.0741. The monoisotopic (exact) mass is 166 g/mol. The lowest BCUT2D eigenvalue weighted by Crippen LogP contribution is -2.29. The standard InChI is InChI=1S/C10H18N2/c1-2-10(8-11)12-7-6-9-4-3-5-9/h9-10,12H,2-7H2,1H3. The molecule has 2 heteroatoms. The van der Waals surface area contributed by atoms with E-state index in [0.29, 0.717) is 0 Å². The third-order valence-corrected chi connectivity index (χ3v) is 2.73. The van der Waals surface area contributed by atoms with Crippen molar-refractivity contribution < 1.29 is 0 Å².